The Kier molecular flexibility index (Phi) is 7.18. The molecule has 2 aromatic carbocycles. The summed E-state index contributed by atoms with van der Waals surface area (Å²) < 4.78 is 5.02. The number of nitrogens with zero attached hydrogens (tertiary/aromatic N) is 1. The number of nitrogens with one attached hydrogen (secondary N) is 1. The van der Waals surface area contributed by atoms with Crippen LogP contribution in [-0.4, -0.2) is 36.7 Å². The Morgan fingerprint density at radius 1 is 1.00 bits per heavy atom. The van der Waals surface area contributed by atoms with Crippen molar-refractivity contribution in [3.63, 3.8) is 0 Å². The van der Waals surface area contributed by atoms with E-state index in [2.05, 4.69) is 12.2 Å². The van der Waals surface area contributed by atoms with Crippen LogP contribution in [0.1, 0.15) is 53.8 Å². The molecule has 2 amide bonds. The summed E-state index contributed by atoms with van der Waals surface area (Å²) in [5.74, 6) is -3.95. The monoisotopic (exact) mass is 422 g/mol. The number of anilines is 2. The molecule has 2 aromatic rings. The van der Waals surface area contributed by atoms with Gasteiger partial charge in [-0.15, -0.1) is 0 Å². The average Bonchev–Trinajstić information content (AvgIpc) is 2.76. The number of hydrogen-bond acceptors (Lipinski definition) is 5. The van der Waals surface area contributed by atoms with E-state index in [0.29, 0.717) is 17.8 Å². The van der Waals surface area contributed by atoms with Crippen molar-refractivity contribution in [3.8, 4) is 0 Å². The first-order chi connectivity index (χ1) is 15.0. The fourth-order valence-corrected chi connectivity index (χ4v) is 3.63. The third-order valence-corrected chi connectivity index (χ3v) is 5.16. The van der Waals surface area contributed by atoms with E-state index < -0.39 is 29.5 Å². The van der Waals surface area contributed by atoms with Crippen molar-refractivity contribution in [1.82, 2.24) is 0 Å². The Balaban J connectivity index is 1.90. The van der Waals surface area contributed by atoms with Crippen molar-refractivity contribution in [2.24, 2.45) is 5.92 Å². The third kappa shape index (κ3) is 4.66. The maximum atomic E-state index is 13.2. The average molecular weight is 422 g/mol. The van der Waals surface area contributed by atoms with E-state index in [0.717, 1.165) is 19.3 Å². The Morgan fingerprint density at radius 2 is 1.71 bits per heavy atom. The third-order valence-electron chi connectivity index (χ3n) is 5.16. The van der Waals surface area contributed by atoms with Gasteiger partial charge in [-0.05, 0) is 37.6 Å². The van der Waals surface area contributed by atoms with Crippen LogP contribution in [0.3, 0.4) is 0 Å². The molecule has 0 aromatic heterocycles. The van der Waals surface area contributed by atoms with Gasteiger partial charge >= 0.3 is 5.97 Å². The second kappa shape index (κ2) is 10.0. The molecule has 1 N–H and O–H groups in total. The first kappa shape index (κ1) is 22.2. The zero-order valence-corrected chi connectivity index (χ0v) is 17.7. The highest BCUT2D eigenvalue weighted by atomic mass is 16.5. The molecule has 0 bridgehead atoms. The summed E-state index contributed by atoms with van der Waals surface area (Å²) in [4.78, 5) is 53.0. The number of benzene rings is 2. The highest BCUT2D eigenvalue weighted by Gasteiger charge is 2.43. The van der Waals surface area contributed by atoms with Gasteiger partial charge in [-0.25, -0.2) is 4.79 Å². The number of hydrogen-bond donors (Lipinski definition) is 1. The summed E-state index contributed by atoms with van der Waals surface area (Å²) in [7, 11) is 0. The fourth-order valence-electron chi connectivity index (χ4n) is 3.63. The zero-order chi connectivity index (χ0) is 22.4. The number of fused-ring (bicyclic) bond motifs is 1. The van der Waals surface area contributed by atoms with Crippen molar-refractivity contribution in [2.75, 3.05) is 23.4 Å². The molecular formula is C24H26N2O5. The van der Waals surface area contributed by atoms with E-state index in [9.17, 15) is 19.2 Å². The summed E-state index contributed by atoms with van der Waals surface area (Å²) in [5.41, 5.74) is 1.23. The number of carbonyl (C=O) groups excluding carboxylic acids is 4. The molecule has 1 atom stereocenters. The van der Waals surface area contributed by atoms with Crippen LogP contribution in [-0.2, 0) is 14.3 Å². The number of ketones is 1. The molecule has 0 saturated heterocycles. The van der Waals surface area contributed by atoms with Crippen LogP contribution < -0.4 is 10.2 Å². The lowest BCUT2D eigenvalue weighted by Crippen LogP contribution is -2.50. The Hall–Kier alpha value is -3.48. The van der Waals surface area contributed by atoms with Gasteiger partial charge in [0.1, 0.15) is 0 Å². The summed E-state index contributed by atoms with van der Waals surface area (Å²) in [5, 5.41) is 2.59. The SMILES string of the molecule is CCCCCN1C(=O)C(C(=O)Nc2ccccc2C(=O)OCC)C(=O)c2ccccc21. The summed E-state index contributed by atoms with van der Waals surface area (Å²) in [6.45, 7) is 4.36. The van der Waals surface area contributed by atoms with Gasteiger partial charge < -0.3 is 15.0 Å². The number of Topliss-reactive ketones (excluding diaryl/α,β-unsaturated/α-hetero) is 1. The van der Waals surface area contributed by atoms with Crippen LogP contribution in [0.2, 0.25) is 0 Å². The maximum absolute atomic E-state index is 13.2. The van der Waals surface area contributed by atoms with Crippen LogP contribution in [0.25, 0.3) is 0 Å². The summed E-state index contributed by atoms with van der Waals surface area (Å²) in [6.07, 6.45) is 2.69. The number of carbonyl (C=O) groups is 4. The highest BCUT2D eigenvalue weighted by molar-refractivity contribution is 6.33. The molecular weight excluding hydrogens is 396 g/mol. The van der Waals surface area contributed by atoms with Gasteiger partial charge in [0.15, 0.2) is 11.7 Å². The van der Waals surface area contributed by atoms with E-state index in [-0.39, 0.29) is 17.9 Å². The molecule has 1 aliphatic heterocycles. The van der Waals surface area contributed by atoms with E-state index in [1.54, 1.807) is 43.3 Å². The van der Waals surface area contributed by atoms with Gasteiger partial charge in [-0.3, -0.25) is 14.4 Å². The summed E-state index contributed by atoms with van der Waals surface area (Å²) in [6, 6.07) is 13.2. The molecule has 3 rings (SSSR count). The molecule has 7 heteroatoms. The van der Waals surface area contributed by atoms with Crippen molar-refractivity contribution < 1.29 is 23.9 Å². The summed E-state index contributed by atoms with van der Waals surface area (Å²) >= 11 is 0. The molecule has 7 nitrogen and oxygen atoms in total. The number of amides is 2. The molecule has 0 radical (unpaired) electrons. The van der Waals surface area contributed by atoms with Gasteiger partial charge in [-0.2, -0.15) is 0 Å². The molecule has 0 fully saturated rings. The predicted molar refractivity (Wildman–Crippen MR) is 117 cm³/mol. The van der Waals surface area contributed by atoms with Gasteiger partial charge in [0.05, 0.1) is 23.5 Å². The number of ether oxygens (including phenoxy) is 1. The molecule has 0 spiro atoms. The molecule has 162 valence electrons. The van der Waals surface area contributed by atoms with Gasteiger partial charge in [0.25, 0.3) is 0 Å². The van der Waals surface area contributed by atoms with E-state index >= 15 is 0 Å². The second-order valence-corrected chi connectivity index (χ2v) is 7.27. The van der Waals surface area contributed by atoms with Crippen LogP contribution in [0.15, 0.2) is 48.5 Å². The van der Waals surface area contributed by atoms with Crippen molar-refractivity contribution in [1.29, 1.82) is 0 Å². The van der Waals surface area contributed by atoms with Gasteiger partial charge in [0, 0.05) is 12.1 Å². The second-order valence-electron chi connectivity index (χ2n) is 7.27. The number of para-hydroxylation sites is 2. The normalized spacial score (nSPS) is 15.4. The molecule has 1 heterocycles. The molecule has 0 aliphatic carbocycles. The van der Waals surface area contributed by atoms with Crippen molar-refractivity contribution >= 4 is 34.9 Å². The molecule has 31 heavy (non-hydrogen) atoms. The predicted octanol–water partition coefficient (Wildman–Crippen LogP) is 3.84. The first-order valence-corrected chi connectivity index (χ1v) is 10.5. The lowest BCUT2D eigenvalue weighted by Gasteiger charge is -2.32. The highest BCUT2D eigenvalue weighted by Crippen LogP contribution is 2.32. The van der Waals surface area contributed by atoms with E-state index in [1.165, 1.54) is 17.0 Å². The van der Waals surface area contributed by atoms with Crippen LogP contribution in [0.4, 0.5) is 11.4 Å². The Labute approximate surface area is 181 Å². The maximum Gasteiger partial charge on any atom is 0.340 e. The topological polar surface area (TPSA) is 92.8 Å². The van der Waals surface area contributed by atoms with Gasteiger partial charge in [-0.1, -0.05) is 44.0 Å². The van der Waals surface area contributed by atoms with Crippen molar-refractivity contribution in [3.05, 3.63) is 59.7 Å². The van der Waals surface area contributed by atoms with E-state index in [1.807, 2.05) is 0 Å². The minimum Gasteiger partial charge on any atom is -0.462 e. The van der Waals surface area contributed by atoms with Crippen LogP contribution >= 0.6 is 0 Å². The minimum atomic E-state index is -1.51. The van der Waals surface area contributed by atoms with Gasteiger partial charge in [0.2, 0.25) is 11.8 Å². The lowest BCUT2D eigenvalue weighted by molar-refractivity contribution is -0.129. The standard InChI is InChI=1S/C24H26N2O5/c1-3-5-10-15-26-19-14-9-7-12-17(19)21(27)20(23(26)29)22(28)25-18-13-8-6-11-16(18)24(30)31-4-2/h6-9,11-14,20H,3-5,10,15H2,1-2H3,(H,25,28). The number of esters is 1. The smallest absolute Gasteiger partial charge is 0.340 e. The Morgan fingerprint density at radius 3 is 2.45 bits per heavy atom. The minimum absolute atomic E-state index is 0.161. The molecule has 1 unspecified atom stereocenters. The molecule has 1 aliphatic rings. The number of unbranched alkanes of at least 4 members (excludes halogenated alkanes) is 2. The molecule has 0 saturated carbocycles. The lowest BCUT2D eigenvalue weighted by atomic mass is 9.89. The zero-order valence-electron chi connectivity index (χ0n) is 17.7. The van der Waals surface area contributed by atoms with E-state index in [4.69, 9.17) is 4.74 Å². The van der Waals surface area contributed by atoms with Crippen LogP contribution in [0, 0.1) is 5.92 Å². The quantitative estimate of drug-likeness (QED) is 0.396. The largest absolute Gasteiger partial charge is 0.462 e. The first-order valence-electron chi connectivity index (χ1n) is 10.5. The van der Waals surface area contributed by atoms with Crippen LogP contribution in [0.5, 0.6) is 0 Å². The fraction of sp³-hybridized carbons (Fsp3) is 0.333. The Bertz CT molecular complexity index is 1000. The van der Waals surface area contributed by atoms with Crippen molar-refractivity contribution in [2.45, 2.75) is 33.1 Å². The number of rotatable bonds is 8.